The second-order valence-corrected chi connectivity index (χ2v) is 3.51. The minimum absolute atomic E-state index is 0.00703. The van der Waals surface area contributed by atoms with Gasteiger partial charge in [-0.15, -0.1) is 0 Å². The van der Waals surface area contributed by atoms with Crippen LogP contribution in [0.2, 0.25) is 0 Å². The van der Waals surface area contributed by atoms with Crippen LogP contribution >= 0.6 is 0 Å². The van der Waals surface area contributed by atoms with Gasteiger partial charge in [-0.2, -0.15) is 0 Å². The Morgan fingerprint density at radius 1 is 1.53 bits per heavy atom. The second-order valence-electron chi connectivity index (χ2n) is 3.51. The van der Waals surface area contributed by atoms with E-state index in [1.54, 1.807) is 23.5 Å². The molecule has 0 saturated carbocycles. The molecule has 2 aromatic rings. The first kappa shape index (κ1) is 11.4. The molecule has 0 aromatic carbocycles. The van der Waals surface area contributed by atoms with Crippen molar-refractivity contribution in [1.82, 2.24) is 9.38 Å². The monoisotopic (exact) mass is 236 g/mol. The van der Waals surface area contributed by atoms with E-state index in [4.69, 9.17) is 14.9 Å². The summed E-state index contributed by atoms with van der Waals surface area (Å²) < 4.78 is 6.97. The zero-order valence-electron chi connectivity index (χ0n) is 9.25. The van der Waals surface area contributed by atoms with Crippen LogP contribution in [0.1, 0.15) is 16.2 Å². The highest BCUT2D eigenvalue weighted by atomic mass is 16.5. The van der Waals surface area contributed by atoms with Gasteiger partial charge in [-0.05, 0) is 19.1 Å². The fraction of sp³-hybridized carbons (Fsp3) is 0.273. The lowest BCUT2D eigenvalue weighted by Gasteiger charge is -2.08. The summed E-state index contributed by atoms with van der Waals surface area (Å²) in [6.45, 7) is 1.93. The maximum absolute atomic E-state index is 10.8. The van der Waals surface area contributed by atoms with Crippen LogP contribution in [-0.4, -0.2) is 38.8 Å². The second kappa shape index (κ2) is 4.42. The number of aromatic nitrogens is 2. The summed E-state index contributed by atoms with van der Waals surface area (Å²) in [4.78, 5) is 14.8. The van der Waals surface area contributed by atoms with Crippen LogP contribution in [-0.2, 0) is 0 Å². The van der Waals surface area contributed by atoms with Gasteiger partial charge >= 0.3 is 5.97 Å². The number of rotatable bonds is 4. The number of aliphatic hydroxyl groups is 1. The normalized spacial score (nSPS) is 10.7. The minimum Gasteiger partial charge on any atom is -0.489 e. The number of carbonyl (C=O) groups is 1. The van der Waals surface area contributed by atoms with E-state index in [2.05, 4.69) is 4.98 Å². The van der Waals surface area contributed by atoms with Crippen LogP contribution in [0, 0.1) is 6.92 Å². The molecule has 2 rings (SSSR count). The van der Waals surface area contributed by atoms with Gasteiger partial charge in [0.25, 0.3) is 0 Å². The maximum Gasteiger partial charge on any atom is 0.356 e. The standard InChI is InChI=1S/C11H12N2O4/c1-7-9(17-5-4-14)2-3-10-12-8(11(15)16)6-13(7)10/h2-3,6,14H,4-5H2,1H3,(H,15,16). The van der Waals surface area contributed by atoms with E-state index in [1.807, 2.05) is 0 Å². The third-order valence-corrected chi connectivity index (χ3v) is 2.40. The van der Waals surface area contributed by atoms with Crippen LogP contribution in [0.4, 0.5) is 0 Å². The fourth-order valence-corrected chi connectivity index (χ4v) is 1.58. The average molecular weight is 236 g/mol. The Labute approximate surface area is 97.1 Å². The number of carboxylic acid groups (broad SMARTS) is 1. The number of ether oxygens (including phenoxy) is 1. The molecule has 0 spiro atoms. The largest absolute Gasteiger partial charge is 0.489 e. The number of hydrogen-bond acceptors (Lipinski definition) is 4. The van der Waals surface area contributed by atoms with E-state index >= 15 is 0 Å². The Hall–Kier alpha value is -2.08. The molecule has 90 valence electrons. The molecular weight excluding hydrogens is 224 g/mol. The lowest BCUT2D eigenvalue weighted by atomic mass is 10.3. The summed E-state index contributed by atoms with van der Waals surface area (Å²) in [5.41, 5.74) is 1.29. The zero-order valence-corrected chi connectivity index (χ0v) is 9.25. The lowest BCUT2D eigenvalue weighted by molar-refractivity contribution is 0.0691. The van der Waals surface area contributed by atoms with Gasteiger partial charge in [0.2, 0.25) is 0 Å². The number of nitrogens with zero attached hydrogens (tertiary/aromatic N) is 2. The first-order valence-corrected chi connectivity index (χ1v) is 5.09. The molecule has 0 aliphatic carbocycles. The fourth-order valence-electron chi connectivity index (χ4n) is 1.58. The molecular formula is C11H12N2O4. The van der Waals surface area contributed by atoms with Gasteiger partial charge in [0.05, 0.1) is 12.3 Å². The van der Waals surface area contributed by atoms with E-state index in [9.17, 15) is 4.79 Å². The Balaban J connectivity index is 2.47. The topological polar surface area (TPSA) is 84.1 Å². The van der Waals surface area contributed by atoms with Crippen LogP contribution in [0.3, 0.4) is 0 Å². The van der Waals surface area contributed by atoms with E-state index in [0.717, 1.165) is 5.69 Å². The summed E-state index contributed by atoms with van der Waals surface area (Å²) in [6.07, 6.45) is 1.44. The van der Waals surface area contributed by atoms with E-state index in [0.29, 0.717) is 11.4 Å². The van der Waals surface area contributed by atoms with Crippen molar-refractivity contribution in [2.45, 2.75) is 6.92 Å². The molecule has 0 aliphatic rings. The first-order chi connectivity index (χ1) is 8.13. The Morgan fingerprint density at radius 2 is 2.29 bits per heavy atom. The van der Waals surface area contributed by atoms with Gasteiger partial charge in [0.1, 0.15) is 18.0 Å². The van der Waals surface area contributed by atoms with Gasteiger partial charge in [-0.3, -0.25) is 4.40 Å². The van der Waals surface area contributed by atoms with Gasteiger partial charge in [-0.25, -0.2) is 9.78 Å². The molecule has 17 heavy (non-hydrogen) atoms. The number of hydrogen-bond donors (Lipinski definition) is 2. The number of imidazole rings is 1. The molecule has 0 aliphatic heterocycles. The Kier molecular flexibility index (Phi) is 2.97. The minimum atomic E-state index is -1.06. The SMILES string of the molecule is Cc1c(OCCO)ccc2nc(C(=O)O)cn12. The van der Waals surface area contributed by atoms with Gasteiger partial charge < -0.3 is 14.9 Å². The van der Waals surface area contributed by atoms with E-state index in [1.165, 1.54) is 6.20 Å². The number of aliphatic hydroxyl groups excluding tert-OH is 1. The van der Waals surface area contributed by atoms with E-state index < -0.39 is 5.97 Å². The highest BCUT2D eigenvalue weighted by Crippen LogP contribution is 2.20. The van der Waals surface area contributed by atoms with Crippen LogP contribution < -0.4 is 4.74 Å². The number of fused-ring (bicyclic) bond motifs is 1. The van der Waals surface area contributed by atoms with Crippen molar-refractivity contribution in [3.05, 3.63) is 29.7 Å². The summed E-state index contributed by atoms with van der Waals surface area (Å²) in [7, 11) is 0. The molecule has 6 nitrogen and oxygen atoms in total. The molecule has 2 heterocycles. The summed E-state index contributed by atoms with van der Waals surface area (Å²) >= 11 is 0. The predicted octanol–water partition coefficient (Wildman–Crippen LogP) is 0.712. The van der Waals surface area contributed by atoms with Crippen molar-refractivity contribution >= 4 is 11.6 Å². The van der Waals surface area contributed by atoms with Gasteiger partial charge in [-0.1, -0.05) is 0 Å². The quantitative estimate of drug-likeness (QED) is 0.816. The molecule has 2 N–H and O–H groups in total. The number of carboxylic acids is 1. The van der Waals surface area contributed by atoms with Crippen molar-refractivity contribution < 1.29 is 19.7 Å². The van der Waals surface area contributed by atoms with Crippen molar-refractivity contribution in [2.24, 2.45) is 0 Å². The predicted molar refractivity (Wildman–Crippen MR) is 59.5 cm³/mol. The molecule has 0 unspecified atom stereocenters. The molecule has 2 aromatic heterocycles. The zero-order chi connectivity index (χ0) is 12.4. The maximum atomic E-state index is 10.8. The van der Waals surface area contributed by atoms with Crippen molar-refractivity contribution in [2.75, 3.05) is 13.2 Å². The van der Waals surface area contributed by atoms with E-state index in [-0.39, 0.29) is 18.9 Å². The summed E-state index contributed by atoms with van der Waals surface area (Å²) in [5.74, 6) is -0.466. The van der Waals surface area contributed by atoms with Crippen molar-refractivity contribution in [3.8, 4) is 5.75 Å². The first-order valence-electron chi connectivity index (χ1n) is 5.09. The number of aryl methyl sites for hydroxylation is 1. The highest BCUT2D eigenvalue weighted by Gasteiger charge is 2.11. The van der Waals surface area contributed by atoms with Gasteiger partial charge in [0, 0.05) is 6.20 Å². The molecule has 0 amide bonds. The lowest BCUT2D eigenvalue weighted by Crippen LogP contribution is -2.04. The third-order valence-electron chi connectivity index (χ3n) is 2.40. The number of aromatic carboxylic acids is 1. The third kappa shape index (κ3) is 2.07. The Morgan fingerprint density at radius 3 is 2.94 bits per heavy atom. The Bertz CT molecular complexity index is 562. The molecule has 0 fully saturated rings. The van der Waals surface area contributed by atoms with Crippen molar-refractivity contribution in [1.29, 1.82) is 0 Å². The molecule has 0 atom stereocenters. The summed E-state index contributed by atoms with van der Waals surface area (Å²) in [5, 5.41) is 17.5. The average Bonchev–Trinajstić information content (AvgIpc) is 2.73. The molecule has 6 heteroatoms. The van der Waals surface area contributed by atoms with Crippen LogP contribution in [0.15, 0.2) is 18.3 Å². The molecule has 0 radical (unpaired) electrons. The molecule has 0 bridgehead atoms. The smallest absolute Gasteiger partial charge is 0.356 e. The molecule has 0 saturated heterocycles. The van der Waals surface area contributed by atoms with Crippen molar-refractivity contribution in [3.63, 3.8) is 0 Å². The van der Waals surface area contributed by atoms with Crippen LogP contribution in [0.5, 0.6) is 5.75 Å². The van der Waals surface area contributed by atoms with Gasteiger partial charge in [0.15, 0.2) is 5.69 Å². The number of pyridine rings is 1. The highest BCUT2D eigenvalue weighted by molar-refractivity contribution is 5.86. The van der Waals surface area contributed by atoms with Crippen LogP contribution in [0.25, 0.3) is 5.65 Å². The summed E-state index contributed by atoms with van der Waals surface area (Å²) in [6, 6.07) is 3.38.